The second-order valence-corrected chi connectivity index (χ2v) is 11.5. The van der Waals surface area contributed by atoms with E-state index in [1.165, 1.54) is 0 Å². The zero-order chi connectivity index (χ0) is 23.2. The lowest BCUT2D eigenvalue weighted by Crippen LogP contribution is -2.51. The van der Waals surface area contributed by atoms with Crippen molar-refractivity contribution >= 4 is 38.6 Å². The van der Waals surface area contributed by atoms with E-state index in [-0.39, 0.29) is 36.0 Å². The Kier molecular flexibility index (Phi) is 5.64. The third kappa shape index (κ3) is 4.23. The van der Waals surface area contributed by atoms with Crippen LogP contribution >= 0.6 is 0 Å². The Labute approximate surface area is 192 Å². The normalized spacial score (nSPS) is 25.2. The Morgan fingerprint density at radius 2 is 1.85 bits per heavy atom. The Bertz CT molecular complexity index is 1200. The van der Waals surface area contributed by atoms with Gasteiger partial charge in [-0.15, -0.1) is 0 Å². The Hall–Kier alpha value is -2.88. The van der Waals surface area contributed by atoms with Gasteiger partial charge < -0.3 is 15.2 Å². The number of carbonyl (C=O) groups is 3. The first-order valence-corrected chi connectivity index (χ1v) is 13.3. The van der Waals surface area contributed by atoms with E-state index >= 15 is 0 Å². The molecule has 1 aromatic carbocycles. The van der Waals surface area contributed by atoms with Gasteiger partial charge in [0.1, 0.15) is 12.6 Å². The van der Waals surface area contributed by atoms with Crippen LogP contribution in [0.3, 0.4) is 0 Å². The van der Waals surface area contributed by atoms with E-state index in [1.807, 2.05) is 30.5 Å². The molecular weight excluding hydrogens is 444 g/mol. The highest BCUT2D eigenvalue weighted by molar-refractivity contribution is 7.91. The lowest BCUT2D eigenvalue weighted by atomic mass is 10.0. The summed E-state index contributed by atoms with van der Waals surface area (Å²) in [5.74, 6) is -0.743. The largest absolute Gasteiger partial charge is 0.361 e. The van der Waals surface area contributed by atoms with Crippen LogP contribution in [0.4, 0.5) is 4.79 Å². The molecule has 2 aliphatic heterocycles. The van der Waals surface area contributed by atoms with Gasteiger partial charge in [-0.05, 0) is 30.9 Å². The Morgan fingerprint density at radius 3 is 2.58 bits per heavy atom. The summed E-state index contributed by atoms with van der Waals surface area (Å²) < 4.78 is 24.1. The minimum atomic E-state index is -3.16. The van der Waals surface area contributed by atoms with Crippen molar-refractivity contribution in [2.45, 2.75) is 56.7 Å². The quantitative estimate of drug-likeness (QED) is 0.619. The van der Waals surface area contributed by atoms with Gasteiger partial charge in [-0.25, -0.2) is 13.2 Å². The Balaban J connectivity index is 1.30. The average molecular weight is 473 g/mol. The van der Waals surface area contributed by atoms with Crippen molar-refractivity contribution in [2.75, 3.05) is 18.1 Å². The summed E-state index contributed by atoms with van der Waals surface area (Å²) in [4.78, 5) is 44.8. The highest BCUT2D eigenvalue weighted by Crippen LogP contribution is 2.30. The van der Waals surface area contributed by atoms with Crippen molar-refractivity contribution in [1.29, 1.82) is 0 Å². The van der Waals surface area contributed by atoms with E-state index in [2.05, 4.69) is 10.3 Å². The first kappa shape index (κ1) is 21.9. The van der Waals surface area contributed by atoms with Crippen LogP contribution in [0, 0.1) is 0 Å². The summed E-state index contributed by atoms with van der Waals surface area (Å²) in [7, 11) is -3.16. The number of hydrogen-bond donors (Lipinski definition) is 2. The van der Waals surface area contributed by atoms with E-state index in [1.54, 1.807) is 4.90 Å². The van der Waals surface area contributed by atoms with Gasteiger partial charge in [-0.3, -0.25) is 14.5 Å². The van der Waals surface area contributed by atoms with Gasteiger partial charge >= 0.3 is 6.03 Å². The molecule has 2 saturated heterocycles. The molecule has 2 aromatic rings. The molecule has 1 aliphatic carbocycles. The summed E-state index contributed by atoms with van der Waals surface area (Å²) in [5, 5.41) is 3.70. The minimum absolute atomic E-state index is 0.0291. The molecule has 3 fully saturated rings. The fraction of sp³-hybridized carbons (Fsp3) is 0.522. The molecule has 1 aromatic heterocycles. The number of amides is 4. The van der Waals surface area contributed by atoms with Crippen LogP contribution in [0.2, 0.25) is 0 Å². The lowest BCUT2D eigenvalue weighted by Gasteiger charge is -2.34. The molecular formula is C23H28N4O5S. The van der Waals surface area contributed by atoms with Crippen molar-refractivity contribution in [2.24, 2.45) is 0 Å². The van der Waals surface area contributed by atoms with Gasteiger partial charge in [-0.1, -0.05) is 31.0 Å². The molecule has 3 aliphatic rings. The zero-order valence-corrected chi connectivity index (χ0v) is 19.1. The molecule has 0 unspecified atom stereocenters. The minimum Gasteiger partial charge on any atom is -0.361 e. The van der Waals surface area contributed by atoms with E-state index in [0.29, 0.717) is 12.8 Å². The van der Waals surface area contributed by atoms with Gasteiger partial charge in [0, 0.05) is 35.6 Å². The molecule has 0 spiro atoms. The van der Waals surface area contributed by atoms with Crippen LogP contribution in [0.1, 0.15) is 37.7 Å². The average Bonchev–Trinajstić information content (AvgIpc) is 3.56. The SMILES string of the molecule is O=C1N[C@@H](Cc2c[nH]c3ccccc23)C(=O)N1CC(=O)N(C1CCCC1)[C@@H]1CCS(=O)(=O)C1. The van der Waals surface area contributed by atoms with Crippen LogP contribution < -0.4 is 5.32 Å². The van der Waals surface area contributed by atoms with E-state index < -0.39 is 27.8 Å². The molecule has 5 rings (SSSR count). The number of sulfone groups is 1. The van der Waals surface area contributed by atoms with Crippen molar-refractivity contribution in [3.8, 4) is 0 Å². The molecule has 3 heterocycles. The number of rotatable bonds is 6. The maximum absolute atomic E-state index is 13.3. The fourth-order valence-electron chi connectivity index (χ4n) is 5.48. The van der Waals surface area contributed by atoms with Crippen molar-refractivity contribution < 1.29 is 22.8 Å². The standard InChI is InChI=1S/C23H28N4O5S/c28-21(27(16-5-1-2-6-16)17-9-10-33(31,32)14-17)13-26-22(29)20(25-23(26)30)11-15-12-24-19-8-4-3-7-18(15)19/h3-4,7-8,12,16-17,20,24H,1-2,5-6,9-11,13-14H2,(H,25,30)/t17-,20+/m1/s1. The van der Waals surface area contributed by atoms with Crippen LogP contribution in [-0.4, -0.2) is 77.2 Å². The van der Waals surface area contributed by atoms with Gasteiger partial charge in [0.25, 0.3) is 5.91 Å². The molecule has 1 saturated carbocycles. The molecule has 176 valence electrons. The third-order valence-electron chi connectivity index (χ3n) is 7.11. The summed E-state index contributed by atoms with van der Waals surface area (Å²) in [6, 6.07) is 6.01. The predicted molar refractivity (Wildman–Crippen MR) is 122 cm³/mol. The van der Waals surface area contributed by atoms with Gasteiger partial charge in [0.05, 0.1) is 11.5 Å². The smallest absolute Gasteiger partial charge is 0.325 e. The number of fused-ring (bicyclic) bond motifs is 1. The summed E-state index contributed by atoms with van der Waals surface area (Å²) in [5.41, 5.74) is 1.87. The Morgan fingerprint density at radius 1 is 1.09 bits per heavy atom. The number of para-hydroxylation sites is 1. The van der Waals surface area contributed by atoms with Crippen LogP contribution in [0.15, 0.2) is 30.5 Å². The molecule has 33 heavy (non-hydrogen) atoms. The predicted octanol–water partition coefficient (Wildman–Crippen LogP) is 1.59. The number of hydrogen-bond acceptors (Lipinski definition) is 5. The maximum atomic E-state index is 13.3. The highest BCUT2D eigenvalue weighted by Gasteiger charge is 2.43. The summed E-state index contributed by atoms with van der Waals surface area (Å²) in [6.45, 7) is -0.359. The summed E-state index contributed by atoms with van der Waals surface area (Å²) >= 11 is 0. The van der Waals surface area contributed by atoms with E-state index in [0.717, 1.165) is 47.0 Å². The monoisotopic (exact) mass is 472 g/mol. The summed E-state index contributed by atoms with van der Waals surface area (Å²) in [6.07, 6.45) is 6.20. The molecule has 2 atom stereocenters. The second-order valence-electron chi connectivity index (χ2n) is 9.29. The number of nitrogens with one attached hydrogen (secondary N) is 2. The second kappa shape index (κ2) is 8.48. The third-order valence-corrected chi connectivity index (χ3v) is 8.86. The number of urea groups is 1. The van der Waals surface area contributed by atoms with E-state index in [9.17, 15) is 22.8 Å². The van der Waals surface area contributed by atoms with Crippen LogP contribution in [0.5, 0.6) is 0 Å². The molecule has 9 nitrogen and oxygen atoms in total. The number of H-pyrrole nitrogens is 1. The number of aromatic nitrogens is 1. The number of aromatic amines is 1. The zero-order valence-electron chi connectivity index (χ0n) is 18.3. The van der Waals surface area contributed by atoms with Gasteiger partial charge in [0.15, 0.2) is 9.84 Å². The van der Waals surface area contributed by atoms with Crippen molar-refractivity contribution in [3.05, 3.63) is 36.0 Å². The molecule has 2 N–H and O–H groups in total. The lowest BCUT2D eigenvalue weighted by molar-refractivity contribution is -0.140. The number of benzene rings is 1. The van der Waals surface area contributed by atoms with Crippen LogP contribution in [0.25, 0.3) is 10.9 Å². The topological polar surface area (TPSA) is 120 Å². The van der Waals surface area contributed by atoms with Crippen LogP contribution in [-0.2, 0) is 25.8 Å². The molecule has 0 radical (unpaired) electrons. The first-order chi connectivity index (χ1) is 15.8. The van der Waals surface area contributed by atoms with Gasteiger partial charge in [0.2, 0.25) is 5.91 Å². The molecule has 0 bridgehead atoms. The van der Waals surface area contributed by atoms with E-state index in [4.69, 9.17) is 0 Å². The number of nitrogens with zero attached hydrogens (tertiary/aromatic N) is 2. The number of imide groups is 1. The fourth-order valence-corrected chi connectivity index (χ4v) is 7.20. The van der Waals surface area contributed by atoms with Gasteiger partial charge in [-0.2, -0.15) is 0 Å². The number of carbonyl (C=O) groups excluding carboxylic acids is 3. The van der Waals surface area contributed by atoms with Crippen molar-refractivity contribution in [1.82, 2.24) is 20.1 Å². The maximum Gasteiger partial charge on any atom is 0.325 e. The first-order valence-electron chi connectivity index (χ1n) is 11.5. The highest BCUT2D eigenvalue weighted by atomic mass is 32.2. The molecule has 4 amide bonds. The molecule has 10 heteroatoms. The van der Waals surface area contributed by atoms with Crippen molar-refractivity contribution in [3.63, 3.8) is 0 Å².